The Morgan fingerprint density at radius 3 is 2.72 bits per heavy atom. The second-order valence-corrected chi connectivity index (χ2v) is 6.96. The lowest BCUT2D eigenvalue weighted by atomic mass is 9.68. The molecule has 0 amide bonds. The first-order valence-electron chi connectivity index (χ1n) is 7.20. The molecule has 0 radical (unpaired) electrons. The fourth-order valence-electron chi connectivity index (χ4n) is 3.37. The number of aryl methyl sites for hydroxylation is 2. The summed E-state index contributed by atoms with van der Waals surface area (Å²) in [5, 5.41) is 4.94. The quantitative estimate of drug-likeness (QED) is 0.898. The molecule has 2 nitrogen and oxygen atoms in total. The van der Waals surface area contributed by atoms with Crippen molar-refractivity contribution in [3.8, 4) is 0 Å². The molecule has 3 heteroatoms. The Hall–Kier alpha value is -0.410. The standard InChI is InChI=1S/C15H26N2S/c1-6-13-12(4)18-14(17-13)15(16-5)9-7-8-10(2)11(15)3/h10-11,16H,6-9H2,1-5H3. The average Bonchev–Trinajstić information content (AvgIpc) is 2.75. The van der Waals surface area contributed by atoms with Gasteiger partial charge in [0.1, 0.15) is 5.01 Å². The van der Waals surface area contributed by atoms with Crippen molar-refractivity contribution in [2.75, 3.05) is 7.05 Å². The number of thiazole rings is 1. The van der Waals surface area contributed by atoms with Crippen LogP contribution >= 0.6 is 11.3 Å². The summed E-state index contributed by atoms with van der Waals surface area (Å²) in [4.78, 5) is 6.33. The van der Waals surface area contributed by atoms with Crippen molar-refractivity contribution < 1.29 is 0 Å². The van der Waals surface area contributed by atoms with Crippen LogP contribution in [-0.4, -0.2) is 12.0 Å². The van der Waals surface area contributed by atoms with Crippen LogP contribution in [0.25, 0.3) is 0 Å². The molecule has 0 spiro atoms. The van der Waals surface area contributed by atoms with Gasteiger partial charge in [-0.25, -0.2) is 4.98 Å². The Kier molecular flexibility index (Phi) is 4.12. The predicted octanol–water partition coefficient (Wildman–Crippen LogP) is 3.88. The molecule has 0 saturated heterocycles. The third-order valence-corrected chi connectivity index (χ3v) is 6.11. The number of aromatic nitrogens is 1. The maximum atomic E-state index is 4.94. The van der Waals surface area contributed by atoms with Crippen LogP contribution < -0.4 is 5.32 Å². The summed E-state index contributed by atoms with van der Waals surface area (Å²) in [5.74, 6) is 1.44. The number of nitrogens with zero attached hydrogens (tertiary/aromatic N) is 1. The minimum atomic E-state index is 0.112. The summed E-state index contributed by atoms with van der Waals surface area (Å²) in [5.41, 5.74) is 1.40. The van der Waals surface area contributed by atoms with Gasteiger partial charge in [0.25, 0.3) is 0 Å². The maximum absolute atomic E-state index is 4.94. The van der Waals surface area contributed by atoms with E-state index in [1.165, 1.54) is 34.8 Å². The summed E-state index contributed by atoms with van der Waals surface area (Å²) in [6.07, 6.45) is 4.94. The van der Waals surface area contributed by atoms with Crippen molar-refractivity contribution in [2.45, 2.75) is 58.9 Å². The highest BCUT2D eigenvalue weighted by Crippen LogP contribution is 2.45. The van der Waals surface area contributed by atoms with Crippen molar-refractivity contribution >= 4 is 11.3 Å². The van der Waals surface area contributed by atoms with Crippen molar-refractivity contribution in [1.82, 2.24) is 10.3 Å². The fourth-order valence-corrected chi connectivity index (χ4v) is 4.70. The molecule has 1 fully saturated rings. The van der Waals surface area contributed by atoms with E-state index in [4.69, 9.17) is 4.98 Å². The molecule has 102 valence electrons. The SMILES string of the molecule is CCc1nc(C2(NC)CCCC(C)C2C)sc1C. The lowest BCUT2D eigenvalue weighted by Gasteiger charge is -2.44. The largest absolute Gasteiger partial charge is 0.308 e. The minimum absolute atomic E-state index is 0.112. The van der Waals surface area contributed by atoms with Crippen LogP contribution in [0, 0.1) is 18.8 Å². The molecule has 1 saturated carbocycles. The Bertz CT molecular complexity index is 413. The van der Waals surface area contributed by atoms with Crippen LogP contribution in [-0.2, 0) is 12.0 Å². The van der Waals surface area contributed by atoms with Gasteiger partial charge in [0, 0.05) is 4.88 Å². The number of rotatable bonds is 3. The van der Waals surface area contributed by atoms with E-state index in [1.807, 2.05) is 11.3 Å². The van der Waals surface area contributed by atoms with Gasteiger partial charge >= 0.3 is 0 Å². The van der Waals surface area contributed by atoms with E-state index in [1.54, 1.807) is 0 Å². The summed E-state index contributed by atoms with van der Waals surface area (Å²) < 4.78 is 0. The monoisotopic (exact) mass is 266 g/mol. The Morgan fingerprint density at radius 2 is 2.17 bits per heavy atom. The van der Waals surface area contributed by atoms with Crippen LogP contribution in [0.15, 0.2) is 0 Å². The second-order valence-electron chi connectivity index (χ2n) is 5.75. The van der Waals surface area contributed by atoms with Crippen LogP contribution in [0.1, 0.15) is 55.6 Å². The zero-order valence-corrected chi connectivity index (χ0v) is 13.2. The zero-order valence-electron chi connectivity index (χ0n) is 12.3. The van der Waals surface area contributed by atoms with E-state index in [2.05, 4.69) is 40.1 Å². The molecule has 1 aromatic rings. The molecule has 1 aromatic heterocycles. The van der Waals surface area contributed by atoms with Gasteiger partial charge in [0.2, 0.25) is 0 Å². The van der Waals surface area contributed by atoms with Crippen LogP contribution in [0.4, 0.5) is 0 Å². The molecule has 18 heavy (non-hydrogen) atoms. The lowest BCUT2D eigenvalue weighted by molar-refractivity contribution is 0.111. The molecule has 0 aromatic carbocycles. The Labute approximate surface area is 115 Å². The van der Waals surface area contributed by atoms with E-state index in [9.17, 15) is 0 Å². The average molecular weight is 266 g/mol. The summed E-state index contributed by atoms with van der Waals surface area (Å²) in [7, 11) is 2.11. The van der Waals surface area contributed by atoms with Gasteiger partial charge in [0.05, 0.1) is 11.2 Å². The van der Waals surface area contributed by atoms with Crippen LogP contribution in [0.2, 0.25) is 0 Å². The van der Waals surface area contributed by atoms with Gasteiger partial charge in [-0.2, -0.15) is 0 Å². The Morgan fingerprint density at radius 1 is 1.44 bits per heavy atom. The molecular weight excluding hydrogens is 240 g/mol. The third-order valence-electron chi connectivity index (χ3n) is 4.92. The molecule has 1 heterocycles. The molecule has 3 unspecified atom stereocenters. The zero-order chi connectivity index (χ0) is 13.3. The van der Waals surface area contributed by atoms with Crippen LogP contribution in [0.5, 0.6) is 0 Å². The normalized spacial score (nSPS) is 32.7. The summed E-state index contributed by atoms with van der Waals surface area (Å²) in [6.45, 7) is 9.19. The molecule has 1 aliphatic rings. The number of nitrogens with one attached hydrogen (secondary N) is 1. The van der Waals surface area contributed by atoms with Gasteiger partial charge in [-0.1, -0.05) is 33.6 Å². The predicted molar refractivity (Wildman–Crippen MR) is 79.1 cm³/mol. The van der Waals surface area contributed by atoms with Crippen LogP contribution in [0.3, 0.4) is 0 Å². The molecule has 0 bridgehead atoms. The smallest absolute Gasteiger partial charge is 0.114 e. The minimum Gasteiger partial charge on any atom is -0.308 e. The third kappa shape index (κ3) is 2.12. The highest BCUT2D eigenvalue weighted by Gasteiger charge is 2.44. The molecule has 0 aliphatic heterocycles. The first-order valence-corrected chi connectivity index (χ1v) is 8.02. The van der Waals surface area contributed by atoms with E-state index in [0.717, 1.165) is 12.3 Å². The van der Waals surface area contributed by atoms with E-state index in [0.29, 0.717) is 5.92 Å². The lowest BCUT2D eigenvalue weighted by Crippen LogP contribution is -2.50. The highest BCUT2D eigenvalue weighted by atomic mass is 32.1. The van der Waals surface area contributed by atoms with Crippen molar-refractivity contribution in [3.63, 3.8) is 0 Å². The van der Waals surface area contributed by atoms with Crippen molar-refractivity contribution in [2.24, 2.45) is 11.8 Å². The summed E-state index contributed by atoms with van der Waals surface area (Å²) in [6, 6.07) is 0. The number of hydrogen-bond donors (Lipinski definition) is 1. The number of hydrogen-bond acceptors (Lipinski definition) is 3. The van der Waals surface area contributed by atoms with Gasteiger partial charge in [-0.3, -0.25) is 0 Å². The van der Waals surface area contributed by atoms with Gasteiger partial charge in [0.15, 0.2) is 0 Å². The van der Waals surface area contributed by atoms with Gasteiger partial charge in [-0.15, -0.1) is 11.3 Å². The molecular formula is C15H26N2S. The molecule has 3 atom stereocenters. The maximum Gasteiger partial charge on any atom is 0.114 e. The first-order chi connectivity index (χ1) is 8.55. The van der Waals surface area contributed by atoms with Crippen molar-refractivity contribution in [1.29, 1.82) is 0 Å². The van der Waals surface area contributed by atoms with E-state index in [-0.39, 0.29) is 5.54 Å². The molecule has 1 N–H and O–H groups in total. The summed E-state index contributed by atoms with van der Waals surface area (Å²) >= 11 is 1.90. The molecule has 2 rings (SSSR count). The van der Waals surface area contributed by atoms with E-state index < -0.39 is 0 Å². The highest BCUT2D eigenvalue weighted by molar-refractivity contribution is 7.11. The van der Waals surface area contributed by atoms with Gasteiger partial charge < -0.3 is 5.32 Å². The second kappa shape index (κ2) is 5.30. The van der Waals surface area contributed by atoms with Crippen molar-refractivity contribution in [3.05, 3.63) is 15.6 Å². The van der Waals surface area contributed by atoms with Gasteiger partial charge in [-0.05, 0) is 38.6 Å². The fraction of sp³-hybridized carbons (Fsp3) is 0.800. The molecule has 1 aliphatic carbocycles. The topological polar surface area (TPSA) is 24.9 Å². The Balaban J connectivity index is 2.41. The first kappa shape index (κ1) is 14.0. The van der Waals surface area contributed by atoms with E-state index >= 15 is 0 Å².